The molecule has 19 heavy (non-hydrogen) atoms. The maximum atomic E-state index is 11.0. The van der Waals surface area contributed by atoms with Gasteiger partial charge in [-0.25, -0.2) is 0 Å². The topological polar surface area (TPSA) is 76.3 Å². The van der Waals surface area contributed by atoms with Gasteiger partial charge < -0.3 is 5.11 Å². The van der Waals surface area contributed by atoms with Crippen molar-refractivity contribution >= 4 is 33.4 Å². The van der Waals surface area contributed by atoms with Crippen LogP contribution in [0.15, 0.2) is 50.9 Å². The van der Waals surface area contributed by atoms with E-state index < -0.39 is 4.92 Å². The molecule has 1 aromatic carbocycles. The van der Waals surface area contributed by atoms with Crippen molar-refractivity contribution in [2.75, 3.05) is 0 Å². The third kappa shape index (κ3) is 3.31. The second-order valence-corrected chi connectivity index (χ2v) is 5.57. The molecule has 0 unspecified atom stereocenters. The van der Waals surface area contributed by atoms with E-state index in [-0.39, 0.29) is 12.3 Å². The summed E-state index contributed by atoms with van der Waals surface area (Å²) < 4.78 is 0.581. The van der Waals surface area contributed by atoms with Crippen LogP contribution in [-0.2, 0) is 6.61 Å². The minimum absolute atomic E-state index is 0.0238. The normalized spacial score (nSPS) is 10.4. The number of rotatable bonds is 4. The molecule has 1 aromatic heterocycles. The molecule has 2 aromatic rings. The van der Waals surface area contributed by atoms with Gasteiger partial charge in [0.15, 0.2) is 0 Å². The van der Waals surface area contributed by atoms with Gasteiger partial charge in [-0.05, 0) is 33.6 Å². The van der Waals surface area contributed by atoms with Gasteiger partial charge in [0.25, 0.3) is 0 Å². The van der Waals surface area contributed by atoms with Gasteiger partial charge >= 0.3 is 5.69 Å². The predicted molar refractivity (Wildman–Crippen MR) is 75.1 cm³/mol. The Labute approximate surface area is 122 Å². The molecule has 5 nitrogen and oxygen atoms in total. The van der Waals surface area contributed by atoms with Crippen LogP contribution in [0.25, 0.3) is 0 Å². The number of benzene rings is 1. The molecule has 1 heterocycles. The van der Waals surface area contributed by atoms with Gasteiger partial charge in [-0.3, -0.25) is 15.1 Å². The Morgan fingerprint density at radius 2 is 2.00 bits per heavy atom. The summed E-state index contributed by atoms with van der Waals surface area (Å²) in [6, 6.07) is 7.19. The van der Waals surface area contributed by atoms with Gasteiger partial charge in [-0.1, -0.05) is 23.9 Å². The van der Waals surface area contributed by atoms with Gasteiger partial charge in [0.05, 0.1) is 16.0 Å². The molecular weight excluding hydrogens is 332 g/mol. The maximum Gasteiger partial charge on any atom is 0.302 e. The first-order valence-electron chi connectivity index (χ1n) is 5.27. The Hall–Kier alpha value is -1.44. The molecule has 0 amide bonds. The number of hydrogen-bond donors (Lipinski definition) is 1. The number of nitro groups is 1. The van der Waals surface area contributed by atoms with E-state index in [1.165, 1.54) is 24.2 Å². The van der Waals surface area contributed by atoms with Crippen molar-refractivity contribution in [2.45, 2.75) is 16.4 Å². The number of halogens is 1. The molecule has 98 valence electrons. The number of aliphatic hydroxyl groups is 1. The molecule has 0 spiro atoms. The van der Waals surface area contributed by atoms with Crippen molar-refractivity contribution in [3.63, 3.8) is 0 Å². The molecule has 0 radical (unpaired) electrons. The molecular formula is C12H9BrN2O3S. The first kappa shape index (κ1) is 14.0. The number of pyridine rings is 1. The lowest BCUT2D eigenvalue weighted by molar-refractivity contribution is -0.388. The fraction of sp³-hybridized carbons (Fsp3) is 0.0833. The van der Waals surface area contributed by atoms with E-state index in [9.17, 15) is 10.1 Å². The molecule has 2 rings (SSSR count). The second kappa shape index (κ2) is 6.14. The lowest BCUT2D eigenvalue weighted by Crippen LogP contribution is -1.93. The van der Waals surface area contributed by atoms with Gasteiger partial charge in [0.2, 0.25) is 0 Å². The summed E-state index contributed by atoms with van der Waals surface area (Å²) in [6.07, 6.45) is 2.76. The van der Waals surface area contributed by atoms with E-state index in [1.807, 2.05) is 12.1 Å². The fourth-order valence-corrected chi connectivity index (χ4v) is 2.88. The van der Waals surface area contributed by atoms with E-state index in [2.05, 4.69) is 20.9 Å². The van der Waals surface area contributed by atoms with Gasteiger partial charge in [0.1, 0.15) is 11.1 Å². The zero-order valence-electron chi connectivity index (χ0n) is 9.62. The Morgan fingerprint density at radius 3 is 2.58 bits per heavy atom. The summed E-state index contributed by atoms with van der Waals surface area (Å²) in [7, 11) is 0. The standard InChI is InChI=1S/C12H9BrN2O3S/c13-10-5-14-6-11(15(17)18)12(10)19-9-3-1-8(7-16)2-4-9/h1-6,16H,7H2. The highest BCUT2D eigenvalue weighted by Crippen LogP contribution is 2.39. The average Bonchev–Trinajstić information content (AvgIpc) is 2.41. The average molecular weight is 341 g/mol. The number of aromatic nitrogens is 1. The van der Waals surface area contributed by atoms with Crippen LogP contribution in [0.2, 0.25) is 0 Å². The first-order valence-corrected chi connectivity index (χ1v) is 6.88. The van der Waals surface area contributed by atoms with E-state index >= 15 is 0 Å². The van der Waals surface area contributed by atoms with Crippen molar-refractivity contribution in [2.24, 2.45) is 0 Å². The smallest absolute Gasteiger partial charge is 0.302 e. The number of aliphatic hydroxyl groups excluding tert-OH is 1. The SMILES string of the molecule is O=[N+]([O-])c1cncc(Br)c1Sc1ccc(CO)cc1. The monoisotopic (exact) mass is 340 g/mol. The molecule has 0 aliphatic carbocycles. The summed E-state index contributed by atoms with van der Waals surface area (Å²) in [5, 5.41) is 19.9. The van der Waals surface area contributed by atoms with Crippen LogP contribution in [0.3, 0.4) is 0 Å². The van der Waals surface area contributed by atoms with E-state index in [1.54, 1.807) is 12.1 Å². The highest BCUT2D eigenvalue weighted by Gasteiger charge is 2.18. The van der Waals surface area contributed by atoms with Crippen LogP contribution >= 0.6 is 27.7 Å². The molecule has 0 saturated carbocycles. The Balaban J connectivity index is 2.34. The molecule has 0 saturated heterocycles. The summed E-state index contributed by atoms with van der Waals surface area (Å²) in [5.41, 5.74) is 0.762. The minimum atomic E-state index is -0.456. The molecule has 0 fully saturated rings. The van der Waals surface area contributed by atoms with Crippen LogP contribution in [0.4, 0.5) is 5.69 Å². The van der Waals surface area contributed by atoms with Crippen molar-refractivity contribution in [3.8, 4) is 0 Å². The highest BCUT2D eigenvalue weighted by molar-refractivity contribution is 9.10. The third-order valence-electron chi connectivity index (χ3n) is 2.36. The van der Waals surface area contributed by atoms with E-state index in [0.29, 0.717) is 9.37 Å². The molecule has 0 atom stereocenters. The molecule has 7 heteroatoms. The largest absolute Gasteiger partial charge is 0.392 e. The lowest BCUT2D eigenvalue weighted by Gasteiger charge is -2.05. The predicted octanol–water partition coefficient (Wildman–Crippen LogP) is 3.40. The summed E-state index contributed by atoms with van der Waals surface area (Å²) in [6.45, 7) is -0.0238. The van der Waals surface area contributed by atoms with Crippen molar-refractivity contribution < 1.29 is 10.0 Å². The number of hydrogen-bond acceptors (Lipinski definition) is 5. The Morgan fingerprint density at radius 1 is 1.32 bits per heavy atom. The molecule has 1 N–H and O–H groups in total. The first-order chi connectivity index (χ1) is 9.11. The number of nitrogens with zero attached hydrogens (tertiary/aromatic N) is 2. The summed E-state index contributed by atoms with van der Waals surface area (Å²) in [5.74, 6) is 0. The van der Waals surface area contributed by atoms with E-state index in [0.717, 1.165) is 10.5 Å². The zero-order chi connectivity index (χ0) is 13.8. The highest BCUT2D eigenvalue weighted by atomic mass is 79.9. The minimum Gasteiger partial charge on any atom is -0.392 e. The van der Waals surface area contributed by atoms with Crippen LogP contribution in [0.1, 0.15) is 5.56 Å². The maximum absolute atomic E-state index is 11.0. The lowest BCUT2D eigenvalue weighted by atomic mass is 10.2. The zero-order valence-corrected chi connectivity index (χ0v) is 12.0. The Kier molecular flexibility index (Phi) is 4.52. The van der Waals surface area contributed by atoms with Crippen molar-refractivity contribution in [1.29, 1.82) is 0 Å². The van der Waals surface area contributed by atoms with Gasteiger partial charge in [-0.2, -0.15) is 0 Å². The molecule has 0 aliphatic rings. The summed E-state index contributed by atoms with van der Waals surface area (Å²) >= 11 is 4.55. The molecule has 0 aliphatic heterocycles. The van der Waals surface area contributed by atoms with Crippen LogP contribution in [-0.4, -0.2) is 15.0 Å². The van der Waals surface area contributed by atoms with Crippen LogP contribution in [0.5, 0.6) is 0 Å². The Bertz CT molecular complexity index is 604. The van der Waals surface area contributed by atoms with Crippen molar-refractivity contribution in [1.82, 2.24) is 4.98 Å². The quantitative estimate of drug-likeness (QED) is 0.681. The van der Waals surface area contributed by atoms with Crippen LogP contribution in [0, 0.1) is 10.1 Å². The molecule has 0 bridgehead atoms. The van der Waals surface area contributed by atoms with Gasteiger partial charge in [-0.15, -0.1) is 0 Å². The van der Waals surface area contributed by atoms with Crippen molar-refractivity contribution in [3.05, 3.63) is 56.8 Å². The van der Waals surface area contributed by atoms with Crippen LogP contribution < -0.4 is 0 Å². The fourth-order valence-electron chi connectivity index (χ4n) is 1.42. The van der Waals surface area contributed by atoms with Gasteiger partial charge in [0, 0.05) is 11.1 Å². The third-order valence-corrected chi connectivity index (χ3v) is 4.36. The second-order valence-electron chi connectivity index (χ2n) is 3.63. The summed E-state index contributed by atoms with van der Waals surface area (Å²) in [4.78, 5) is 15.7. The van der Waals surface area contributed by atoms with E-state index in [4.69, 9.17) is 5.11 Å².